The molecule has 1 heterocycles. The molecule has 0 spiro atoms. The van der Waals surface area contributed by atoms with Gasteiger partial charge in [-0.15, -0.1) is 11.3 Å². The van der Waals surface area contributed by atoms with Crippen LogP contribution in [-0.4, -0.2) is 16.8 Å². The van der Waals surface area contributed by atoms with E-state index in [1.54, 1.807) is 18.2 Å². The third-order valence-corrected chi connectivity index (χ3v) is 5.61. The number of benzene rings is 2. The van der Waals surface area contributed by atoms with Crippen molar-refractivity contribution in [2.75, 3.05) is 10.6 Å². The Morgan fingerprint density at radius 3 is 2.57 bits per heavy atom. The summed E-state index contributed by atoms with van der Waals surface area (Å²) < 4.78 is 0. The van der Waals surface area contributed by atoms with Crippen LogP contribution in [0.25, 0.3) is 10.6 Å². The summed E-state index contributed by atoms with van der Waals surface area (Å²) in [4.78, 5) is 28.8. The van der Waals surface area contributed by atoms with Gasteiger partial charge in [0.1, 0.15) is 5.01 Å². The van der Waals surface area contributed by atoms with Crippen LogP contribution in [-0.2, 0) is 16.0 Å². The predicted octanol–water partition coefficient (Wildman–Crippen LogP) is 4.99. The third-order valence-electron chi connectivity index (χ3n) is 4.36. The van der Waals surface area contributed by atoms with Gasteiger partial charge in [-0.05, 0) is 37.1 Å². The first kappa shape index (κ1) is 18.7. The molecule has 1 aliphatic rings. The topological polar surface area (TPSA) is 71.1 Å². The van der Waals surface area contributed by atoms with Gasteiger partial charge < -0.3 is 10.6 Å². The van der Waals surface area contributed by atoms with Gasteiger partial charge in [0.05, 0.1) is 17.1 Å². The summed E-state index contributed by atoms with van der Waals surface area (Å²) in [5.41, 5.74) is 2.88. The molecule has 2 amide bonds. The van der Waals surface area contributed by atoms with E-state index >= 15 is 0 Å². The largest absolute Gasteiger partial charge is 0.326 e. The van der Waals surface area contributed by atoms with E-state index in [0.717, 1.165) is 23.4 Å². The number of carbonyl (C=O) groups is 2. The van der Waals surface area contributed by atoms with E-state index in [1.807, 2.05) is 35.7 Å². The van der Waals surface area contributed by atoms with Crippen molar-refractivity contribution in [3.8, 4) is 10.6 Å². The molecule has 0 unspecified atom stereocenters. The highest BCUT2D eigenvalue weighted by Gasteiger charge is 2.29. The second-order valence-corrected chi connectivity index (χ2v) is 7.96. The SMILES string of the molecule is O=C(Cc1csc(-c2ccccc2Cl)n1)Nc1cccc(NC(=O)C2CC2)c1. The Labute approximate surface area is 171 Å². The second kappa shape index (κ2) is 8.12. The van der Waals surface area contributed by atoms with Gasteiger partial charge in [-0.3, -0.25) is 9.59 Å². The first-order chi connectivity index (χ1) is 13.6. The average molecular weight is 412 g/mol. The van der Waals surface area contributed by atoms with Gasteiger partial charge in [0.25, 0.3) is 0 Å². The van der Waals surface area contributed by atoms with Crippen molar-refractivity contribution in [2.45, 2.75) is 19.3 Å². The summed E-state index contributed by atoms with van der Waals surface area (Å²) in [6, 6.07) is 14.7. The second-order valence-electron chi connectivity index (χ2n) is 6.69. The zero-order chi connectivity index (χ0) is 19.5. The van der Waals surface area contributed by atoms with Crippen LogP contribution in [0.1, 0.15) is 18.5 Å². The van der Waals surface area contributed by atoms with E-state index in [0.29, 0.717) is 22.1 Å². The molecule has 3 aromatic rings. The number of anilines is 2. The fraction of sp³-hybridized carbons (Fsp3) is 0.190. The van der Waals surface area contributed by atoms with Gasteiger partial charge in [0.2, 0.25) is 11.8 Å². The molecule has 1 aromatic heterocycles. The van der Waals surface area contributed by atoms with Crippen molar-refractivity contribution in [1.29, 1.82) is 0 Å². The molecule has 0 bridgehead atoms. The Morgan fingerprint density at radius 1 is 1.07 bits per heavy atom. The number of nitrogens with one attached hydrogen (secondary N) is 2. The molecule has 1 saturated carbocycles. The third kappa shape index (κ3) is 4.58. The van der Waals surface area contributed by atoms with Crippen LogP contribution < -0.4 is 10.6 Å². The van der Waals surface area contributed by atoms with Crippen LogP contribution in [0.3, 0.4) is 0 Å². The standard InChI is InChI=1S/C21H18ClN3O2S/c22-18-7-2-1-6-17(18)21-25-16(12-28-21)11-19(26)23-14-4-3-5-15(10-14)24-20(27)13-8-9-13/h1-7,10,12-13H,8-9,11H2,(H,23,26)(H,24,27). The van der Waals surface area contributed by atoms with Crippen LogP contribution in [0.4, 0.5) is 11.4 Å². The Hall–Kier alpha value is -2.70. The fourth-order valence-electron chi connectivity index (χ4n) is 2.78. The Kier molecular flexibility index (Phi) is 5.41. The fourth-order valence-corrected chi connectivity index (χ4v) is 3.92. The minimum atomic E-state index is -0.165. The van der Waals surface area contributed by atoms with E-state index in [-0.39, 0.29) is 24.2 Å². The molecule has 4 rings (SSSR count). The van der Waals surface area contributed by atoms with Gasteiger partial charge in [0, 0.05) is 28.2 Å². The number of hydrogen-bond donors (Lipinski definition) is 2. The lowest BCUT2D eigenvalue weighted by Gasteiger charge is -2.08. The number of hydrogen-bond acceptors (Lipinski definition) is 4. The lowest BCUT2D eigenvalue weighted by Crippen LogP contribution is -2.16. The zero-order valence-electron chi connectivity index (χ0n) is 14.9. The molecular formula is C21H18ClN3O2S. The summed E-state index contributed by atoms with van der Waals surface area (Å²) in [7, 11) is 0. The predicted molar refractivity (Wildman–Crippen MR) is 113 cm³/mol. The van der Waals surface area contributed by atoms with Crippen LogP contribution in [0.5, 0.6) is 0 Å². The molecular weight excluding hydrogens is 394 g/mol. The molecule has 0 atom stereocenters. The van der Waals surface area contributed by atoms with Gasteiger partial charge in [-0.25, -0.2) is 4.98 Å². The minimum Gasteiger partial charge on any atom is -0.326 e. The van der Waals surface area contributed by atoms with Gasteiger partial charge in [-0.1, -0.05) is 35.9 Å². The van der Waals surface area contributed by atoms with Gasteiger partial charge >= 0.3 is 0 Å². The van der Waals surface area contributed by atoms with Crippen molar-refractivity contribution >= 4 is 46.1 Å². The summed E-state index contributed by atoms with van der Waals surface area (Å²) >= 11 is 7.67. The summed E-state index contributed by atoms with van der Waals surface area (Å²) in [6.07, 6.45) is 2.07. The van der Waals surface area contributed by atoms with Crippen LogP contribution in [0.2, 0.25) is 5.02 Å². The molecule has 0 aliphatic heterocycles. The molecule has 1 fully saturated rings. The highest BCUT2D eigenvalue weighted by molar-refractivity contribution is 7.13. The number of thiazole rings is 1. The van der Waals surface area contributed by atoms with Crippen molar-refractivity contribution in [3.63, 3.8) is 0 Å². The van der Waals surface area contributed by atoms with Crippen LogP contribution in [0.15, 0.2) is 53.9 Å². The lowest BCUT2D eigenvalue weighted by molar-refractivity contribution is -0.117. The van der Waals surface area contributed by atoms with Gasteiger partial charge in [-0.2, -0.15) is 0 Å². The summed E-state index contributed by atoms with van der Waals surface area (Å²) in [5, 5.41) is 9.03. The number of rotatable bonds is 6. The molecule has 1 aliphatic carbocycles. The maximum absolute atomic E-state index is 12.4. The highest BCUT2D eigenvalue weighted by atomic mass is 35.5. The highest BCUT2D eigenvalue weighted by Crippen LogP contribution is 2.31. The number of halogens is 1. The van der Waals surface area contributed by atoms with Crippen molar-refractivity contribution < 1.29 is 9.59 Å². The van der Waals surface area contributed by atoms with E-state index < -0.39 is 0 Å². The summed E-state index contributed by atoms with van der Waals surface area (Å²) in [5.74, 6) is 0.00922. The zero-order valence-corrected chi connectivity index (χ0v) is 16.5. The van der Waals surface area contributed by atoms with E-state index in [9.17, 15) is 9.59 Å². The van der Waals surface area contributed by atoms with Crippen LogP contribution in [0, 0.1) is 5.92 Å². The Morgan fingerprint density at radius 2 is 1.82 bits per heavy atom. The maximum Gasteiger partial charge on any atom is 0.230 e. The van der Waals surface area contributed by atoms with E-state index in [1.165, 1.54) is 11.3 Å². The molecule has 28 heavy (non-hydrogen) atoms. The smallest absolute Gasteiger partial charge is 0.230 e. The van der Waals surface area contributed by atoms with E-state index in [4.69, 9.17) is 11.6 Å². The first-order valence-electron chi connectivity index (χ1n) is 8.98. The number of aromatic nitrogens is 1. The molecule has 0 radical (unpaired) electrons. The molecule has 5 nitrogen and oxygen atoms in total. The Balaban J connectivity index is 1.38. The van der Waals surface area contributed by atoms with Crippen LogP contribution >= 0.6 is 22.9 Å². The first-order valence-corrected chi connectivity index (χ1v) is 10.2. The molecule has 142 valence electrons. The molecule has 0 saturated heterocycles. The number of amides is 2. The average Bonchev–Trinajstić information content (AvgIpc) is 3.43. The van der Waals surface area contributed by atoms with E-state index in [2.05, 4.69) is 15.6 Å². The number of nitrogens with zero attached hydrogens (tertiary/aromatic N) is 1. The maximum atomic E-state index is 12.4. The molecule has 2 aromatic carbocycles. The monoisotopic (exact) mass is 411 g/mol. The molecule has 7 heteroatoms. The number of carbonyl (C=O) groups excluding carboxylic acids is 2. The van der Waals surface area contributed by atoms with Crippen molar-refractivity contribution in [2.24, 2.45) is 5.92 Å². The van der Waals surface area contributed by atoms with Crippen molar-refractivity contribution in [1.82, 2.24) is 4.98 Å². The Bertz CT molecular complexity index is 1030. The quantitative estimate of drug-likeness (QED) is 0.600. The summed E-state index contributed by atoms with van der Waals surface area (Å²) in [6.45, 7) is 0. The minimum absolute atomic E-state index is 0.0399. The van der Waals surface area contributed by atoms with Crippen molar-refractivity contribution in [3.05, 3.63) is 64.6 Å². The molecule has 2 N–H and O–H groups in total. The lowest BCUT2D eigenvalue weighted by atomic mass is 10.2. The van der Waals surface area contributed by atoms with Gasteiger partial charge in [0.15, 0.2) is 0 Å². The normalized spacial score (nSPS) is 13.2.